The van der Waals surface area contributed by atoms with Crippen LogP contribution in [0.25, 0.3) is 11.1 Å². The summed E-state index contributed by atoms with van der Waals surface area (Å²) in [5.41, 5.74) is 20.5. The normalized spacial score (nSPS) is 18.4. The summed E-state index contributed by atoms with van der Waals surface area (Å²) >= 11 is 0. The topological polar surface area (TPSA) is 0 Å². The average molecular weight is 751 g/mol. The predicted octanol–water partition coefficient (Wildman–Crippen LogP) is 15.4. The van der Waals surface area contributed by atoms with Crippen LogP contribution < -0.4 is 0 Å². The minimum Gasteiger partial charge on any atom is -0.0801 e. The van der Waals surface area contributed by atoms with Gasteiger partial charge in [0.1, 0.15) is 0 Å². The summed E-state index contributed by atoms with van der Waals surface area (Å²) < 4.78 is 0. The molecule has 0 N–H and O–H groups in total. The van der Waals surface area contributed by atoms with Gasteiger partial charge in [-0.3, -0.25) is 0 Å². The minimum atomic E-state index is 0.167. The molecule has 4 aliphatic rings. The van der Waals surface area contributed by atoms with Crippen LogP contribution in [0, 0.1) is 12.8 Å². The summed E-state index contributed by atoms with van der Waals surface area (Å²) in [6, 6.07) is 33.1. The van der Waals surface area contributed by atoms with Crippen LogP contribution in [0.4, 0.5) is 0 Å². The molecule has 0 heteroatoms. The molecule has 0 bridgehead atoms. The molecule has 2 atom stereocenters. The Hall–Kier alpha value is -4.68. The SMILES string of the molecule is CC1=CC2=CC3=CCC=CC3=CC2C=C1.CCc1cc(CCCCc2ccc(CCC3CCCCc4ccc(-c5cccc(C(C)(C)C)c5)cc43)cc2)ccc1C. The highest BCUT2D eigenvalue weighted by Crippen LogP contribution is 2.38. The first kappa shape index (κ1) is 40.5. The second kappa shape index (κ2) is 18.7. The first-order chi connectivity index (χ1) is 27.6. The van der Waals surface area contributed by atoms with Crippen LogP contribution in [0.15, 0.2) is 156 Å². The van der Waals surface area contributed by atoms with Crippen LogP contribution in [-0.4, -0.2) is 0 Å². The standard InChI is InChI=1S/C42H52.C15H14/c1-6-35-28-34(19-18-31(35)2)13-8-7-12-32-20-22-33(23-21-32)24-25-36-14-9-10-15-37-26-27-39(30-41(36)37)38-16-11-17-40(29-38)42(3,4)5;1-11-6-7-14-9-12-4-2-3-5-13(12)10-15(14)8-11/h11,16-23,26-30,36H,6-10,12-15,24-25H2,1-5H3;2,4-10,14H,3H2,1H3. The van der Waals surface area contributed by atoms with Gasteiger partial charge in [0, 0.05) is 5.92 Å². The monoisotopic (exact) mass is 751 g/mol. The van der Waals surface area contributed by atoms with E-state index >= 15 is 0 Å². The highest BCUT2D eigenvalue weighted by Gasteiger charge is 2.21. The molecular formula is C57H66. The highest BCUT2D eigenvalue weighted by atomic mass is 14.3. The van der Waals surface area contributed by atoms with Gasteiger partial charge in [0.25, 0.3) is 0 Å². The number of fused-ring (bicyclic) bond motifs is 3. The Labute approximate surface area is 345 Å². The zero-order chi connectivity index (χ0) is 39.8. The summed E-state index contributed by atoms with van der Waals surface area (Å²) in [4.78, 5) is 0. The fraction of sp³-hybridized carbons (Fsp3) is 0.368. The largest absolute Gasteiger partial charge is 0.0801 e. The first-order valence-electron chi connectivity index (χ1n) is 22.2. The number of aryl methyl sites for hydroxylation is 6. The molecule has 4 aromatic rings. The van der Waals surface area contributed by atoms with Crippen molar-refractivity contribution in [2.45, 2.75) is 130 Å². The van der Waals surface area contributed by atoms with E-state index in [4.69, 9.17) is 0 Å². The molecule has 2 unspecified atom stereocenters. The molecule has 0 nitrogen and oxygen atoms in total. The van der Waals surface area contributed by atoms with Crippen molar-refractivity contribution in [1.82, 2.24) is 0 Å². The third kappa shape index (κ3) is 10.6. The van der Waals surface area contributed by atoms with Gasteiger partial charge in [-0.15, -0.1) is 0 Å². The van der Waals surface area contributed by atoms with Crippen LogP contribution in [0.3, 0.4) is 0 Å². The van der Waals surface area contributed by atoms with Crippen molar-refractivity contribution in [1.29, 1.82) is 0 Å². The number of allylic oxidation sites excluding steroid dienone is 12. The van der Waals surface area contributed by atoms with Gasteiger partial charge in [-0.1, -0.05) is 173 Å². The van der Waals surface area contributed by atoms with Gasteiger partial charge >= 0.3 is 0 Å². The molecule has 0 saturated heterocycles. The van der Waals surface area contributed by atoms with Gasteiger partial charge in [0.2, 0.25) is 0 Å². The van der Waals surface area contributed by atoms with Crippen LogP contribution >= 0.6 is 0 Å². The van der Waals surface area contributed by atoms with Gasteiger partial charge in [0.05, 0.1) is 0 Å². The zero-order valence-corrected chi connectivity index (χ0v) is 35.8. The van der Waals surface area contributed by atoms with E-state index in [2.05, 4.69) is 175 Å². The van der Waals surface area contributed by atoms with E-state index in [0.717, 1.165) is 12.8 Å². The molecular weight excluding hydrogens is 685 g/mol. The summed E-state index contributed by atoms with van der Waals surface area (Å²) in [5.74, 6) is 1.14. The zero-order valence-electron chi connectivity index (χ0n) is 35.8. The maximum atomic E-state index is 2.54. The van der Waals surface area contributed by atoms with E-state index in [1.54, 1.807) is 11.1 Å². The summed E-state index contributed by atoms with van der Waals surface area (Å²) in [6.07, 6.45) is 32.9. The van der Waals surface area contributed by atoms with E-state index in [9.17, 15) is 0 Å². The number of rotatable bonds is 10. The van der Waals surface area contributed by atoms with E-state index in [1.165, 1.54) is 131 Å². The lowest BCUT2D eigenvalue weighted by Crippen LogP contribution is -2.10. The lowest BCUT2D eigenvalue weighted by Gasteiger charge is -2.23. The molecule has 0 amide bonds. The smallest absolute Gasteiger partial charge is 0.0211 e. The Morgan fingerprint density at radius 3 is 2.25 bits per heavy atom. The lowest BCUT2D eigenvalue weighted by atomic mass is 9.81. The van der Waals surface area contributed by atoms with Crippen molar-refractivity contribution in [3.8, 4) is 11.1 Å². The van der Waals surface area contributed by atoms with Crippen molar-refractivity contribution in [3.63, 3.8) is 0 Å². The molecule has 294 valence electrons. The number of hydrogen-bond donors (Lipinski definition) is 0. The molecule has 0 heterocycles. The number of hydrogen-bond acceptors (Lipinski definition) is 0. The van der Waals surface area contributed by atoms with Crippen LogP contribution in [0.5, 0.6) is 0 Å². The predicted molar refractivity (Wildman–Crippen MR) is 247 cm³/mol. The van der Waals surface area contributed by atoms with E-state index < -0.39 is 0 Å². The van der Waals surface area contributed by atoms with E-state index in [-0.39, 0.29) is 5.41 Å². The molecule has 57 heavy (non-hydrogen) atoms. The second-order valence-electron chi connectivity index (χ2n) is 18.2. The molecule has 0 fully saturated rings. The fourth-order valence-corrected chi connectivity index (χ4v) is 9.18. The Morgan fingerprint density at radius 1 is 0.702 bits per heavy atom. The molecule has 0 aromatic heterocycles. The van der Waals surface area contributed by atoms with Gasteiger partial charge in [-0.25, -0.2) is 0 Å². The van der Waals surface area contributed by atoms with Crippen molar-refractivity contribution in [3.05, 3.63) is 200 Å². The molecule has 4 aromatic carbocycles. The van der Waals surface area contributed by atoms with Crippen molar-refractivity contribution < 1.29 is 0 Å². The Balaban J connectivity index is 0.000000273. The summed E-state index contributed by atoms with van der Waals surface area (Å²) in [7, 11) is 0. The third-order valence-electron chi connectivity index (χ3n) is 12.8. The maximum Gasteiger partial charge on any atom is 0.0211 e. The molecule has 4 aliphatic carbocycles. The molecule has 0 radical (unpaired) electrons. The maximum absolute atomic E-state index is 2.54. The Kier molecular flexibility index (Phi) is 13.3. The Morgan fingerprint density at radius 2 is 1.46 bits per heavy atom. The van der Waals surface area contributed by atoms with Crippen LogP contribution in [0.1, 0.15) is 130 Å². The van der Waals surface area contributed by atoms with Crippen LogP contribution in [-0.2, 0) is 37.5 Å². The third-order valence-corrected chi connectivity index (χ3v) is 12.8. The van der Waals surface area contributed by atoms with E-state index in [0.29, 0.717) is 11.8 Å². The number of benzene rings is 4. The van der Waals surface area contributed by atoms with Crippen molar-refractivity contribution >= 4 is 0 Å². The average Bonchev–Trinajstić information content (AvgIpc) is 3.43. The van der Waals surface area contributed by atoms with Crippen molar-refractivity contribution in [2.24, 2.45) is 5.92 Å². The summed E-state index contributed by atoms with van der Waals surface area (Å²) in [5, 5.41) is 0. The lowest BCUT2D eigenvalue weighted by molar-refractivity contribution is 0.558. The molecule has 0 spiro atoms. The van der Waals surface area contributed by atoms with E-state index in [1.807, 2.05) is 0 Å². The molecule has 0 saturated carbocycles. The van der Waals surface area contributed by atoms with Gasteiger partial charge in [0.15, 0.2) is 0 Å². The molecule has 0 aliphatic heterocycles. The van der Waals surface area contributed by atoms with Gasteiger partial charge < -0.3 is 0 Å². The molecule has 8 rings (SSSR count). The summed E-state index contributed by atoms with van der Waals surface area (Å²) in [6.45, 7) is 13.6. The second-order valence-corrected chi connectivity index (χ2v) is 18.2. The van der Waals surface area contributed by atoms with Gasteiger partial charge in [-0.2, -0.15) is 0 Å². The number of unbranched alkanes of at least 4 members (excludes halogenated alkanes) is 1. The quantitative estimate of drug-likeness (QED) is 0.112. The highest BCUT2D eigenvalue weighted by molar-refractivity contribution is 5.66. The minimum absolute atomic E-state index is 0.167. The Bertz CT molecular complexity index is 2200. The van der Waals surface area contributed by atoms with Gasteiger partial charge in [-0.05, 0) is 168 Å². The van der Waals surface area contributed by atoms with Crippen molar-refractivity contribution in [2.75, 3.05) is 0 Å². The van der Waals surface area contributed by atoms with Crippen LogP contribution in [0.2, 0.25) is 0 Å². The first-order valence-corrected chi connectivity index (χ1v) is 22.2. The fourth-order valence-electron chi connectivity index (χ4n) is 9.18.